The summed E-state index contributed by atoms with van der Waals surface area (Å²) in [6.07, 6.45) is 5.41. The number of ether oxygens (including phenoxy) is 2. The first-order chi connectivity index (χ1) is 13.3. The number of fused-ring (bicyclic) bond motifs is 1. The number of aromatic nitrogens is 2. The Balaban J connectivity index is 1.47. The third-order valence-corrected chi connectivity index (χ3v) is 5.57. The van der Waals surface area contributed by atoms with Crippen LogP contribution in [0, 0.1) is 0 Å². The van der Waals surface area contributed by atoms with Crippen molar-refractivity contribution in [2.75, 3.05) is 33.9 Å². The Bertz CT molecular complexity index is 790. The van der Waals surface area contributed by atoms with Gasteiger partial charge in [-0.15, -0.1) is 0 Å². The van der Waals surface area contributed by atoms with Crippen LogP contribution in [0.15, 0.2) is 24.4 Å². The van der Waals surface area contributed by atoms with Gasteiger partial charge >= 0.3 is 0 Å². The smallest absolute Gasteiger partial charge is 0.165 e. The van der Waals surface area contributed by atoms with Crippen molar-refractivity contribution < 1.29 is 9.47 Å². The van der Waals surface area contributed by atoms with Crippen molar-refractivity contribution >= 4 is 0 Å². The Morgan fingerprint density at radius 1 is 1.26 bits per heavy atom. The molecule has 1 atom stereocenters. The van der Waals surface area contributed by atoms with E-state index in [4.69, 9.17) is 19.4 Å². The zero-order valence-corrected chi connectivity index (χ0v) is 16.2. The molecule has 27 heavy (non-hydrogen) atoms. The molecule has 1 saturated heterocycles. The summed E-state index contributed by atoms with van der Waals surface area (Å²) in [5.41, 5.74) is 3.61. The van der Waals surface area contributed by atoms with Crippen LogP contribution in [0.3, 0.4) is 0 Å². The summed E-state index contributed by atoms with van der Waals surface area (Å²) in [4.78, 5) is 12.0. The maximum atomic E-state index is 5.58. The van der Waals surface area contributed by atoms with Gasteiger partial charge in [-0.25, -0.2) is 9.97 Å². The molecule has 2 aliphatic rings. The van der Waals surface area contributed by atoms with Gasteiger partial charge in [0.2, 0.25) is 0 Å². The van der Waals surface area contributed by atoms with E-state index in [0.717, 1.165) is 62.0 Å². The Kier molecular flexibility index (Phi) is 5.55. The van der Waals surface area contributed by atoms with Crippen LogP contribution in [0.2, 0.25) is 0 Å². The van der Waals surface area contributed by atoms with Crippen molar-refractivity contribution in [3.05, 3.63) is 47.0 Å². The summed E-state index contributed by atoms with van der Waals surface area (Å²) in [6, 6.07) is 6.05. The standard InChI is InChI=1S/C21H28N4O2/c1-26-19-7-3-5-16(20(19)27-2)13-25-10-8-18-17(14-25)12-23-21(24-18)15-6-4-9-22-11-15/h3,5,7,12,15,22H,4,6,8-11,13-14H2,1-2H3. The van der Waals surface area contributed by atoms with Crippen molar-refractivity contribution in [2.45, 2.75) is 38.3 Å². The number of para-hydroxylation sites is 1. The fourth-order valence-electron chi connectivity index (χ4n) is 4.11. The predicted octanol–water partition coefficient (Wildman–Crippen LogP) is 2.52. The van der Waals surface area contributed by atoms with Crippen molar-refractivity contribution in [2.24, 2.45) is 0 Å². The Morgan fingerprint density at radius 2 is 2.19 bits per heavy atom. The van der Waals surface area contributed by atoms with Gasteiger partial charge in [0.1, 0.15) is 5.82 Å². The molecule has 1 aromatic heterocycles. The van der Waals surface area contributed by atoms with Gasteiger partial charge in [-0.3, -0.25) is 4.90 Å². The fraction of sp³-hybridized carbons (Fsp3) is 0.524. The molecule has 0 saturated carbocycles. The van der Waals surface area contributed by atoms with Gasteiger partial charge in [0.05, 0.1) is 14.2 Å². The monoisotopic (exact) mass is 368 g/mol. The minimum atomic E-state index is 0.461. The van der Waals surface area contributed by atoms with Crippen LogP contribution in [0.1, 0.15) is 41.4 Å². The molecule has 2 aromatic rings. The van der Waals surface area contributed by atoms with E-state index >= 15 is 0 Å². The molecule has 0 aliphatic carbocycles. The first-order valence-electron chi connectivity index (χ1n) is 9.76. The van der Waals surface area contributed by atoms with Crippen LogP contribution >= 0.6 is 0 Å². The van der Waals surface area contributed by atoms with Gasteiger partial charge in [0, 0.05) is 61.5 Å². The van der Waals surface area contributed by atoms with E-state index in [-0.39, 0.29) is 0 Å². The Morgan fingerprint density at radius 3 is 2.96 bits per heavy atom. The zero-order chi connectivity index (χ0) is 18.6. The molecule has 3 heterocycles. The highest BCUT2D eigenvalue weighted by Gasteiger charge is 2.23. The number of rotatable bonds is 5. The average molecular weight is 368 g/mol. The van der Waals surface area contributed by atoms with Crippen LogP contribution in [0.25, 0.3) is 0 Å². The largest absolute Gasteiger partial charge is 0.493 e. The highest BCUT2D eigenvalue weighted by Crippen LogP contribution is 2.32. The summed E-state index contributed by atoms with van der Waals surface area (Å²) in [7, 11) is 3.37. The maximum absolute atomic E-state index is 5.58. The van der Waals surface area contributed by atoms with Gasteiger partial charge in [-0.1, -0.05) is 12.1 Å². The summed E-state index contributed by atoms with van der Waals surface area (Å²) in [5, 5.41) is 3.46. The zero-order valence-electron chi connectivity index (χ0n) is 16.2. The lowest BCUT2D eigenvalue weighted by Crippen LogP contribution is -2.33. The third kappa shape index (κ3) is 3.92. The minimum absolute atomic E-state index is 0.461. The highest BCUT2D eigenvalue weighted by atomic mass is 16.5. The molecule has 4 rings (SSSR count). The molecule has 1 N–H and O–H groups in total. The molecule has 6 heteroatoms. The fourth-order valence-corrected chi connectivity index (χ4v) is 4.11. The Hall–Kier alpha value is -2.18. The Labute approximate surface area is 160 Å². The van der Waals surface area contributed by atoms with E-state index in [1.807, 2.05) is 18.3 Å². The van der Waals surface area contributed by atoms with Crippen molar-refractivity contribution in [3.8, 4) is 11.5 Å². The van der Waals surface area contributed by atoms with Crippen LogP contribution in [-0.4, -0.2) is 48.7 Å². The predicted molar refractivity (Wildman–Crippen MR) is 104 cm³/mol. The SMILES string of the molecule is COc1cccc(CN2CCc3nc(C4CCCNC4)ncc3C2)c1OC. The molecule has 6 nitrogen and oxygen atoms in total. The number of benzene rings is 1. The van der Waals surface area contributed by atoms with Crippen molar-refractivity contribution in [1.82, 2.24) is 20.2 Å². The number of hydrogen-bond acceptors (Lipinski definition) is 6. The summed E-state index contributed by atoms with van der Waals surface area (Å²) in [6.45, 7) is 4.81. The van der Waals surface area contributed by atoms with Crippen molar-refractivity contribution in [1.29, 1.82) is 0 Å². The van der Waals surface area contributed by atoms with E-state index < -0.39 is 0 Å². The van der Waals surface area contributed by atoms with Crippen LogP contribution in [0.4, 0.5) is 0 Å². The first-order valence-corrected chi connectivity index (χ1v) is 9.76. The molecule has 144 valence electrons. The lowest BCUT2D eigenvalue weighted by molar-refractivity contribution is 0.237. The summed E-state index contributed by atoms with van der Waals surface area (Å²) in [5.74, 6) is 3.08. The van der Waals surface area contributed by atoms with Crippen molar-refractivity contribution in [3.63, 3.8) is 0 Å². The van der Waals surface area contributed by atoms with Gasteiger partial charge in [-0.05, 0) is 25.5 Å². The van der Waals surface area contributed by atoms with Gasteiger partial charge in [-0.2, -0.15) is 0 Å². The van der Waals surface area contributed by atoms with Gasteiger partial charge in [0.25, 0.3) is 0 Å². The average Bonchev–Trinajstić information content (AvgIpc) is 2.73. The topological polar surface area (TPSA) is 59.5 Å². The molecule has 0 amide bonds. The second-order valence-electron chi connectivity index (χ2n) is 7.36. The van der Waals surface area contributed by atoms with Gasteiger partial charge in [0.15, 0.2) is 11.5 Å². The minimum Gasteiger partial charge on any atom is -0.493 e. The first kappa shape index (κ1) is 18.2. The molecule has 0 spiro atoms. The summed E-state index contributed by atoms with van der Waals surface area (Å²) >= 11 is 0. The lowest BCUT2D eigenvalue weighted by Gasteiger charge is -2.29. The molecular formula is C21H28N4O2. The quantitative estimate of drug-likeness (QED) is 0.875. The molecule has 2 aliphatic heterocycles. The number of hydrogen-bond donors (Lipinski definition) is 1. The van der Waals surface area contributed by atoms with E-state index in [0.29, 0.717) is 5.92 Å². The van der Waals surface area contributed by atoms with E-state index in [1.165, 1.54) is 24.1 Å². The third-order valence-electron chi connectivity index (χ3n) is 5.57. The van der Waals surface area contributed by atoms with Crippen LogP contribution in [0.5, 0.6) is 11.5 Å². The molecule has 1 unspecified atom stereocenters. The maximum Gasteiger partial charge on any atom is 0.165 e. The molecule has 0 bridgehead atoms. The number of methoxy groups -OCH3 is 2. The van der Waals surface area contributed by atoms with Gasteiger partial charge < -0.3 is 14.8 Å². The van der Waals surface area contributed by atoms with Crippen LogP contribution in [-0.2, 0) is 19.5 Å². The second kappa shape index (κ2) is 8.23. The number of nitrogens with one attached hydrogen (secondary N) is 1. The normalized spacial score (nSPS) is 20.1. The number of piperidine rings is 1. The second-order valence-corrected chi connectivity index (χ2v) is 7.36. The summed E-state index contributed by atoms with van der Waals surface area (Å²) < 4.78 is 11.0. The molecule has 0 radical (unpaired) electrons. The van der Waals surface area contributed by atoms with Crippen LogP contribution < -0.4 is 14.8 Å². The molecular weight excluding hydrogens is 340 g/mol. The molecule has 1 aromatic carbocycles. The van der Waals surface area contributed by atoms with E-state index in [2.05, 4.69) is 16.3 Å². The molecule has 1 fully saturated rings. The van der Waals surface area contributed by atoms with E-state index in [9.17, 15) is 0 Å². The lowest BCUT2D eigenvalue weighted by atomic mass is 9.98. The number of nitrogens with zero attached hydrogens (tertiary/aromatic N) is 3. The van der Waals surface area contributed by atoms with E-state index in [1.54, 1.807) is 14.2 Å². The highest BCUT2D eigenvalue weighted by molar-refractivity contribution is 5.46.